The van der Waals surface area contributed by atoms with Gasteiger partial charge in [-0.2, -0.15) is 4.80 Å². The quantitative estimate of drug-likeness (QED) is 0.484. The standard InChI is InChI=1S/C22H18FN5OS/c1-2-14-3-5-15(6-4-14)21(29)25-22(30)24-17-9-12-19-20(13-17)27-28(26-19)18-10-7-16(23)8-11-18/h3-13H,2H2,1H3,(H2,24,25,29,30). The molecule has 8 heteroatoms. The van der Waals surface area contributed by atoms with Gasteiger partial charge in [-0.15, -0.1) is 10.2 Å². The number of amides is 1. The van der Waals surface area contributed by atoms with E-state index in [4.69, 9.17) is 12.2 Å². The van der Waals surface area contributed by atoms with E-state index in [0.717, 1.165) is 12.0 Å². The van der Waals surface area contributed by atoms with Gasteiger partial charge in [0, 0.05) is 11.3 Å². The van der Waals surface area contributed by atoms with Crippen LogP contribution in [0, 0.1) is 5.82 Å². The van der Waals surface area contributed by atoms with Gasteiger partial charge in [-0.05, 0) is 78.8 Å². The first-order chi connectivity index (χ1) is 14.5. The van der Waals surface area contributed by atoms with Crippen LogP contribution in [0.15, 0.2) is 66.7 Å². The van der Waals surface area contributed by atoms with Gasteiger partial charge in [0.2, 0.25) is 0 Å². The Hall–Kier alpha value is -3.65. The van der Waals surface area contributed by atoms with Crippen LogP contribution in [0.1, 0.15) is 22.8 Å². The minimum atomic E-state index is -0.321. The second-order valence-corrected chi connectivity index (χ2v) is 7.04. The maximum absolute atomic E-state index is 13.1. The molecule has 0 aliphatic carbocycles. The van der Waals surface area contributed by atoms with Gasteiger partial charge in [0.25, 0.3) is 5.91 Å². The van der Waals surface area contributed by atoms with Crippen molar-refractivity contribution in [1.82, 2.24) is 20.3 Å². The number of fused-ring (bicyclic) bond motifs is 1. The Morgan fingerprint density at radius 1 is 1.00 bits per heavy atom. The lowest BCUT2D eigenvalue weighted by Crippen LogP contribution is -2.34. The highest BCUT2D eigenvalue weighted by molar-refractivity contribution is 7.80. The van der Waals surface area contributed by atoms with Crippen LogP contribution in [-0.2, 0) is 6.42 Å². The topological polar surface area (TPSA) is 71.8 Å². The molecule has 0 unspecified atom stereocenters. The van der Waals surface area contributed by atoms with Gasteiger partial charge in [-0.1, -0.05) is 19.1 Å². The van der Waals surface area contributed by atoms with E-state index in [1.807, 2.05) is 12.1 Å². The lowest BCUT2D eigenvalue weighted by molar-refractivity contribution is 0.0977. The lowest BCUT2D eigenvalue weighted by atomic mass is 10.1. The Morgan fingerprint density at radius 2 is 1.70 bits per heavy atom. The second kappa shape index (κ2) is 8.38. The summed E-state index contributed by atoms with van der Waals surface area (Å²) in [5.41, 5.74) is 4.33. The fraction of sp³-hybridized carbons (Fsp3) is 0.0909. The average molecular weight is 419 g/mol. The van der Waals surface area contributed by atoms with Crippen molar-refractivity contribution < 1.29 is 9.18 Å². The van der Waals surface area contributed by atoms with Gasteiger partial charge in [0.1, 0.15) is 16.9 Å². The summed E-state index contributed by atoms with van der Waals surface area (Å²) in [4.78, 5) is 13.8. The van der Waals surface area contributed by atoms with Crippen LogP contribution in [0.25, 0.3) is 16.7 Å². The monoisotopic (exact) mass is 419 g/mol. The van der Waals surface area contributed by atoms with E-state index in [-0.39, 0.29) is 16.8 Å². The number of rotatable bonds is 4. The number of carbonyl (C=O) groups excluding carboxylic acids is 1. The fourth-order valence-corrected chi connectivity index (χ4v) is 3.12. The van der Waals surface area contributed by atoms with E-state index in [1.54, 1.807) is 42.5 Å². The van der Waals surface area contributed by atoms with Crippen molar-refractivity contribution in [2.75, 3.05) is 5.32 Å². The van der Waals surface area contributed by atoms with Gasteiger partial charge >= 0.3 is 0 Å². The zero-order chi connectivity index (χ0) is 21.1. The molecule has 2 N–H and O–H groups in total. The largest absolute Gasteiger partial charge is 0.332 e. The molecule has 0 saturated heterocycles. The molecule has 1 amide bonds. The Labute approximate surface area is 177 Å². The van der Waals surface area contributed by atoms with Crippen LogP contribution >= 0.6 is 12.2 Å². The summed E-state index contributed by atoms with van der Waals surface area (Å²) in [6.45, 7) is 2.06. The molecule has 0 aliphatic rings. The van der Waals surface area contributed by atoms with Gasteiger partial charge < -0.3 is 5.32 Å². The fourth-order valence-electron chi connectivity index (χ4n) is 2.91. The number of carbonyl (C=O) groups is 1. The first-order valence-corrected chi connectivity index (χ1v) is 9.77. The molecule has 30 heavy (non-hydrogen) atoms. The van der Waals surface area contributed by atoms with Crippen LogP contribution in [0.5, 0.6) is 0 Å². The molecule has 3 aromatic carbocycles. The average Bonchev–Trinajstić information content (AvgIpc) is 3.17. The van der Waals surface area contributed by atoms with Gasteiger partial charge in [0.05, 0.1) is 5.69 Å². The highest BCUT2D eigenvalue weighted by Gasteiger charge is 2.10. The maximum Gasteiger partial charge on any atom is 0.257 e. The third-order valence-electron chi connectivity index (χ3n) is 4.55. The summed E-state index contributed by atoms with van der Waals surface area (Å²) in [7, 11) is 0. The molecule has 4 rings (SSSR count). The molecule has 0 saturated carbocycles. The van der Waals surface area contributed by atoms with E-state index in [0.29, 0.717) is 28.0 Å². The minimum absolute atomic E-state index is 0.185. The van der Waals surface area contributed by atoms with Crippen molar-refractivity contribution in [3.05, 3.63) is 83.7 Å². The maximum atomic E-state index is 13.1. The van der Waals surface area contributed by atoms with Crippen LogP contribution in [0.2, 0.25) is 0 Å². The Bertz CT molecular complexity index is 1220. The third-order valence-corrected chi connectivity index (χ3v) is 4.75. The smallest absolute Gasteiger partial charge is 0.257 e. The summed E-state index contributed by atoms with van der Waals surface area (Å²) < 4.78 is 13.1. The van der Waals surface area contributed by atoms with Gasteiger partial charge in [0.15, 0.2) is 5.11 Å². The van der Waals surface area contributed by atoms with Crippen molar-refractivity contribution in [1.29, 1.82) is 0 Å². The number of halogens is 1. The molecule has 0 radical (unpaired) electrons. The second-order valence-electron chi connectivity index (χ2n) is 6.63. The third kappa shape index (κ3) is 4.33. The molecule has 6 nitrogen and oxygen atoms in total. The summed E-state index contributed by atoms with van der Waals surface area (Å²) >= 11 is 5.26. The molecule has 150 valence electrons. The zero-order valence-corrected chi connectivity index (χ0v) is 16.9. The van der Waals surface area contributed by atoms with Crippen molar-refractivity contribution in [3.63, 3.8) is 0 Å². The predicted molar refractivity (Wildman–Crippen MR) is 118 cm³/mol. The number of anilines is 1. The van der Waals surface area contributed by atoms with E-state index in [1.165, 1.54) is 16.9 Å². The number of benzene rings is 3. The van der Waals surface area contributed by atoms with E-state index in [9.17, 15) is 9.18 Å². The molecular formula is C22H18FN5OS. The summed E-state index contributed by atoms with van der Waals surface area (Å²) in [5, 5.41) is 14.6. The van der Waals surface area contributed by atoms with Crippen molar-refractivity contribution >= 4 is 40.0 Å². The Morgan fingerprint density at radius 3 is 2.40 bits per heavy atom. The number of aromatic nitrogens is 3. The molecular weight excluding hydrogens is 401 g/mol. The molecule has 0 aliphatic heterocycles. The van der Waals surface area contributed by atoms with Crippen LogP contribution in [0.4, 0.5) is 10.1 Å². The lowest BCUT2D eigenvalue weighted by Gasteiger charge is -2.09. The number of hydrogen-bond acceptors (Lipinski definition) is 4. The molecule has 0 fully saturated rings. The summed E-state index contributed by atoms with van der Waals surface area (Å²) in [5.74, 6) is -0.600. The number of aryl methyl sites for hydroxylation is 1. The Kier molecular flexibility index (Phi) is 5.49. The molecule has 0 atom stereocenters. The van der Waals surface area contributed by atoms with Gasteiger partial charge in [-0.25, -0.2) is 4.39 Å². The summed E-state index contributed by atoms with van der Waals surface area (Å²) in [6, 6.07) is 18.7. The SMILES string of the molecule is CCc1ccc(C(=O)NC(=S)Nc2ccc3nn(-c4ccc(F)cc4)nc3c2)cc1. The van der Waals surface area contributed by atoms with Crippen molar-refractivity contribution in [2.45, 2.75) is 13.3 Å². The van der Waals surface area contributed by atoms with E-state index >= 15 is 0 Å². The zero-order valence-electron chi connectivity index (χ0n) is 16.1. The molecule has 0 spiro atoms. The molecule has 1 aromatic heterocycles. The van der Waals surface area contributed by atoms with Crippen molar-refractivity contribution in [2.24, 2.45) is 0 Å². The van der Waals surface area contributed by atoms with Crippen LogP contribution in [-0.4, -0.2) is 26.0 Å². The molecule has 4 aromatic rings. The molecule has 0 bridgehead atoms. The minimum Gasteiger partial charge on any atom is -0.332 e. The van der Waals surface area contributed by atoms with Crippen LogP contribution < -0.4 is 10.6 Å². The number of nitrogens with zero attached hydrogens (tertiary/aromatic N) is 3. The number of thiocarbonyl (C=S) groups is 1. The summed E-state index contributed by atoms with van der Waals surface area (Å²) in [6.07, 6.45) is 0.913. The van der Waals surface area contributed by atoms with E-state index in [2.05, 4.69) is 27.8 Å². The van der Waals surface area contributed by atoms with E-state index < -0.39 is 0 Å². The van der Waals surface area contributed by atoms with Crippen LogP contribution in [0.3, 0.4) is 0 Å². The first kappa shape index (κ1) is 19.7. The first-order valence-electron chi connectivity index (χ1n) is 9.36. The molecule has 1 heterocycles. The number of nitrogens with one attached hydrogen (secondary N) is 2. The normalized spacial score (nSPS) is 10.7. The van der Waals surface area contributed by atoms with Gasteiger partial charge in [-0.3, -0.25) is 10.1 Å². The number of hydrogen-bond donors (Lipinski definition) is 2. The Balaban J connectivity index is 1.45. The van der Waals surface area contributed by atoms with Crippen molar-refractivity contribution in [3.8, 4) is 5.69 Å². The predicted octanol–water partition coefficient (Wildman–Crippen LogP) is 4.25. The highest BCUT2D eigenvalue weighted by Crippen LogP contribution is 2.18. The highest BCUT2D eigenvalue weighted by atomic mass is 32.1.